The van der Waals surface area contributed by atoms with Gasteiger partial charge in [0.15, 0.2) is 15.8 Å². The number of carbonyl (C=O) groups excluding carboxylic acids is 1. The Morgan fingerprint density at radius 2 is 2.15 bits per heavy atom. The highest BCUT2D eigenvalue weighted by atomic mass is 32.2. The first kappa shape index (κ1) is 12.9. The zero-order valence-electron chi connectivity index (χ0n) is 9.90. The number of hydrogen-bond acceptors (Lipinski definition) is 7. The van der Waals surface area contributed by atoms with E-state index >= 15 is 0 Å². The Balaban J connectivity index is 1.88. The molecule has 7 heteroatoms. The lowest BCUT2D eigenvalue weighted by Gasteiger charge is -1.96. The summed E-state index contributed by atoms with van der Waals surface area (Å²) in [5.41, 5.74) is 0.171. The van der Waals surface area contributed by atoms with Crippen molar-refractivity contribution in [3.8, 4) is 5.75 Å². The van der Waals surface area contributed by atoms with Crippen LogP contribution >= 0.6 is 23.1 Å². The Hall–Kier alpha value is -2.12. The Morgan fingerprint density at radius 3 is 2.90 bits per heavy atom. The van der Waals surface area contributed by atoms with Crippen molar-refractivity contribution in [2.75, 3.05) is 0 Å². The van der Waals surface area contributed by atoms with Crippen LogP contribution in [0.4, 0.5) is 0 Å². The molecule has 3 rings (SSSR count). The average molecular weight is 305 g/mol. The lowest BCUT2D eigenvalue weighted by atomic mass is 10.3. The van der Waals surface area contributed by atoms with E-state index in [1.54, 1.807) is 0 Å². The number of hydrogen-bond donors (Lipinski definition) is 1. The number of aromatic hydroxyl groups is 1. The van der Waals surface area contributed by atoms with Gasteiger partial charge in [-0.1, -0.05) is 12.1 Å². The van der Waals surface area contributed by atoms with Crippen molar-refractivity contribution in [1.82, 2.24) is 4.98 Å². The molecule has 0 aliphatic carbocycles. The first-order valence-corrected chi connectivity index (χ1v) is 7.16. The number of nitrogens with zero attached hydrogens (tertiary/aromatic N) is 1. The van der Waals surface area contributed by atoms with Gasteiger partial charge in [0, 0.05) is 6.07 Å². The normalized spacial score (nSPS) is 10.8. The molecule has 2 heterocycles. The highest BCUT2D eigenvalue weighted by molar-refractivity contribution is 8.15. The van der Waals surface area contributed by atoms with Crippen molar-refractivity contribution in [1.29, 1.82) is 0 Å². The Kier molecular flexibility index (Phi) is 3.29. The van der Waals surface area contributed by atoms with Crippen LogP contribution in [0, 0.1) is 0 Å². The summed E-state index contributed by atoms with van der Waals surface area (Å²) < 4.78 is 6.46. The molecular weight excluding hydrogens is 298 g/mol. The minimum atomic E-state index is -0.649. The van der Waals surface area contributed by atoms with Crippen molar-refractivity contribution < 1.29 is 14.3 Å². The molecule has 0 spiro atoms. The summed E-state index contributed by atoms with van der Waals surface area (Å²) in [6, 6.07) is 8.52. The number of carbonyl (C=O) groups is 1. The van der Waals surface area contributed by atoms with Gasteiger partial charge in [0.1, 0.15) is 6.26 Å². The number of para-hydroxylation sites is 1. The fourth-order valence-corrected chi connectivity index (χ4v) is 3.41. The molecule has 3 aromatic rings. The third-order valence-electron chi connectivity index (χ3n) is 2.47. The van der Waals surface area contributed by atoms with Crippen molar-refractivity contribution in [2.45, 2.75) is 4.34 Å². The molecule has 100 valence electrons. The van der Waals surface area contributed by atoms with Gasteiger partial charge in [-0.15, -0.1) is 11.3 Å². The SMILES string of the molecule is O=C(Sc1nc2ccccc2s1)c1cc(=O)c(O)co1. The largest absolute Gasteiger partial charge is 0.502 e. The van der Waals surface area contributed by atoms with Gasteiger partial charge < -0.3 is 9.52 Å². The van der Waals surface area contributed by atoms with Crippen LogP contribution in [0.1, 0.15) is 10.6 Å². The second-order valence-electron chi connectivity index (χ2n) is 3.83. The molecule has 0 aliphatic heterocycles. The van der Waals surface area contributed by atoms with E-state index in [-0.39, 0.29) is 5.76 Å². The van der Waals surface area contributed by atoms with Crippen LogP contribution < -0.4 is 5.43 Å². The average Bonchev–Trinajstić information content (AvgIpc) is 2.83. The van der Waals surface area contributed by atoms with Crippen molar-refractivity contribution in [2.24, 2.45) is 0 Å². The zero-order chi connectivity index (χ0) is 14.1. The number of thioether (sulfide) groups is 1. The van der Waals surface area contributed by atoms with E-state index in [4.69, 9.17) is 9.52 Å². The summed E-state index contributed by atoms with van der Waals surface area (Å²) in [6.07, 6.45) is 0.856. The second kappa shape index (κ2) is 5.10. The number of aromatic nitrogens is 1. The van der Waals surface area contributed by atoms with E-state index in [2.05, 4.69) is 4.98 Å². The number of rotatable bonds is 2. The van der Waals surface area contributed by atoms with Crippen LogP contribution in [0.5, 0.6) is 5.75 Å². The highest BCUT2D eigenvalue weighted by Gasteiger charge is 2.15. The summed E-state index contributed by atoms with van der Waals surface area (Å²) in [4.78, 5) is 27.5. The summed E-state index contributed by atoms with van der Waals surface area (Å²) in [5, 5.41) is 8.65. The number of thiazole rings is 1. The molecule has 0 saturated heterocycles. The number of fused-ring (bicyclic) bond motifs is 1. The summed E-state index contributed by atoms with van der Waals surface area (Å²) >= 11 is 2.28. The van der Waals surface area contributed by atoms with Gasteiger partial charge >= 0.3 is 0 Å². The fraction of sp³-hybridized carbons (Fsp3) is 0. The zero-order valence-corrected chi connectivity index (χ0v) is 11.5. The lowest BCUT2D eigenvalue weighted by molar-refractivity contribution is 0.106. The quantitative estimate of drug-likeness (QED) is 0.733. The van der Waals surface area contributed by atoms with Crippen molar-refractivity contribution in [3.63, 3.8) is 0 Å². The van der Waals surface area contributed by atoms with Crippen molar-refractivity contribution >= 4 is 38.4 Å². The van der Waals surface area contributed by atoms with Crippen LogP contribution in [0.25, 0.3) is 10.2 Å². The van der Waals surface area contributed by atoms with Crippen molar-refractivity contribution in [3.05, 3.63) is 52.6 Å². The van der Waals surface area contributed by atoms with Crippen LogP contribution in [-0.2, 0) is 0 Å². The van der Waals surface area contributed by atoms with Gasteiger partial charge in [0.05, 0.1) is 10.2 Å². The molecule has 0 aliphatic rings. The molecule has 1 N–H and O–H groups in total. The molecule has 20 heavy (non-hydrogen) atoms. The van der Waals surface area contributed by atoms with Crippen LogP contribution in [0.15, 0.2) is 50.1 Å². The molecule has 2 aromatic heterocycles. The first-order chi connectivity index (χ1) is 9.63. The maximum atomic E-state index is 12.0. The third kappa shape index (κ3) is 2.45. The predicted octanol–water partition coefficient (Wildman–Crippen LogP) is 2.89. The van der Waals surface area contributed by atoms with E-state index in [1.165, 1.54) is 11.3 Å². The smallest absolute Gasteiger partial charge is 0.261 e. The monoisotopic (exact) mass is 305 g/mol. The first-order valence-electron chi connectivity index (χ1n) is 5.53. The van der Waals surface area contributed by atoms with E-state index in [1.807, 2.05) is 24.3 Å². The Bertz CT molecular complexity index is 820. The highest BCUT2D eigenvalue weighted by Crippen LogP contribution is 2.31. The summed E-state index contributed by atoms with van der Waals surface area (Å²) in [5.74, 6) is -0.636. The Morgan fingerprint density at radius 1 is 1.35 bits per heavy atom. The van der Waals surface area contributed by atoms with E-state index < -0.39 is 16.3 Å². The molecule has 0 atom stereocenters. The minimum Gasteiger partial charge on any atom is -0.502 e. The standard InChI is InChI=1S/C13H7NO4S2/c15-8-5-10(18-6-9(8)16)12(17)20-13-14-7-3-1-2-4-11(7)19-13/h1-6,16H. The van der Waals surface area contributed by atoms with Crippen LogP contribution in [0.2, 0.25) is 0 Å². The van der Waals surface area contributed by atoms with Gasteiger partial charge in [-0.3, -0.25) is 9.59 Å². The lowest BCUT2D eigenvalue weighted by Crippen LogP contribution is -2.03. The third-order valence-corrected chi connectivity index (χ3v) is 4.45. The molecule has 0 saturated carbocycles. The summed E-state index contributed by atoms with van der Waals surface area (Å²) in [6.45, 7) is 0. The van der Waals surface area contributed by atoms with Gasteiger partial charge in [0.25, 0.3) is 5.12 Å². The fourth-order valence-electron chi connectivity index (χ4n) is 1.54. The molecule has 0 radical (unpaired) electrons. The second-order valence-corrected chi connectivity index (χ2v) is 6.08. The molecule has 0 unspecified atom stereocenters. The molecule has 5 nitrogen and oxygen atoms in total. The van der Waals surface area contributed by atoms with Crippen LogP contribution in [-0.4, -0.2) is 15.2 Å². The van der Waals surface area contributed by atoms with Gasteiger partial charge in [-0.05, 0) is 23.9 Å². The van der Waals surface area contributed by atoms with Gasteiger partial charge in [-0.2, -0.15) is 0 Å². The van der Waals surface area contributed by atoms with E-state index in [9.17, 15) is 9.59 Å². The maximum Gasteiger partial charge on any atom is 0.261 e. The van der Waals surface area contributed by atoms with E-state index in [0.29, 0.717) is 4.34 Å². The topological polar surface area (TPSA) is 80.4 Å². The predicted molar refractivity (Wildman–Crippen MR) is 76.5 cm³/mol. The maximum absolute atomic E-state index is 12.0. The minimum absolute atomic E-state index is 0.114. The molecule has 0 fully saturated rings. The van der Waals surface area contributed by atoms with Gasteiger partial charge in [0.2, 0.25) is 5.43 Å². The van der Waals surface area contributed by atoms with Crippen LogP contribution in [0.3, 0.4) is 0 Å². The molecule has 0 bridgehead atoms. The van der Waals surface area contributed by atoms with Gasteiger partial charge in [-0.25, -0.2) is 4.98 Å². The number of benzene rings is 1. The molecular formula is C13H7NO4S2. The summed E-state index contributed by atoms with van der Waals surface area (Å²) in [7, 11) is 0. The Labute approximate surface area is 120 Å². The molecule has 1 aromatic carbocycles. The molecule has 0 amide bonds. The van der Waals surface area contributed by atoms with E-state index in [0.717, 1.165) is 34.3 Å².